The molecule has 1 aromatic rings. The van der Waals surface area contributed by atoms with E-state index < -0.39 is 16.9 Å². The first-order valence-corrected chi connectivity index (χ1v) is 8.24. The van der Waals surface area contributed by atoms with Gasteiger partial charge in [0.15, 0.2) is 0 Å². The molecule has 3 atom stereocenters. The number of carbonyl (C=O) groups excluding carboxylic acids is 1. The number of non-ortho nitro benzene ring substituents is 1. The van der Waals surface area contributed by atoms with Gasteiger partial charge in [-0.15, -0.1) is 0 Å². The van der Waals surface area contributed by atoms with Crippen molar-refractivity contribution in [1.82, 2.24) is 4.90 Å². The molecule has 0 radical (unpaired) electrons. The lowest BCUT2D eigenvalue weighted by atomic mass is 9.84. The average molecular weight is 332 g/mol. The van der Waals surface area contributed by atoms with Crippen molar-refractivity contribution in [1.29, 1.82) is 0 Å². The van der Waals surface area contributed by atoms with Crippen molar-refractivity contribution in [3.05, 3.63) is 39.9 Å². The molecule has 0 aromatic heterocycles. The number of amides is 1. The van der Waals surface area contributed by atoms with E-state index in [1.807, 2.05) is 0 Å². The summed E-state index contributed by atoms with van der Waals surface area (Å²) in [7, 11) is 0. The van der Waals surface area contributed by atoms with Crippen LogP contribution in [-0.4, -0.2) is 38.9 Å². The first kappa shape index (κ1) is 16.4. The van der Waals surface area contributed by atoms with Crippen LogP contribution < -0.4 is 0 Å². The molecule has 0 bridgehead atoms. The number of nitro groups is 1. The van der Waals surface area contributed by atoms with Gasteiger partial charge in [0.2, 0.25) is 5.91 Å². The zero-order valence-corrected chi connectivity index (χ0v) is 13.3. The highest BCUT2D eigenvalue weighted by Gasteiger charge is 2.47. The van der Waals surface area contributed by atoms with Crippen LogP contribution in [0.1, 0.15) is 37.7 Å². The second kappa shape index (κ2) is 6.59. The normalized spacial score (nSPS) is 26.0. The van der Waals surface area contributed by atoms with Gasteiger partial charge in [-0.05, 0) is 30.7 Å². The molecule has 1 aromatic carbocycles. The fourth-order valence-corrected chi connectivity index (χ4v) is 4.04. The predicted molar refractivity (Wildman–Crippen MR) is 85.4 cm³/mol. The number of fused-ring (bicyclic) bond motifs is 1. The average Bonchev–Trinajstić information content (AvgIpc) is 2.95. The Morgan fingerprint density at radius 1 is 1.21 bits per heavy atom. The van der Waals surface area contributed by atoms with Crippen molar-refractivity contribution in [3.63, 3.8) is 0 Å². The highest BCUT2D eigenvalue weighted by atomic mass is 16.6. The summed E-state index contributed by atoms with van der Waals surface area (Å²) in [4.78, 5) is 36.1. The summed E-state index contributed by atoms with van der Waals surface area (Å²) in [5.41, 5.74) is 0.636. The van der Waals surface area contributed by atoms with Gasteiger partial charge in [0.05, 0.1) is 11.3 Å². The molecule has 7 heteroatoms. The number of likely N-dealkylation sites (tertiary alicyclic amines) is 1. The molecule has 1 heterocycles. The first-order valence-electron chi connectivity index (χ1n) is 8.24. The second-order valence-corrected chi connectivity index (χ2v) is 6.60. The van der Waals surface area contributed by atoms with E-state index in [-0.39, 0.29) is 30.0 Å². The van der Waals surface area contributed by atoms with Gasteiger partial charge in [0.25, 0.3) is 5.69 Å². The minimum Gasteiger partial charge on any atom is -0.480 e. The molecule has 1 aliphatic heterocycles. The molecule has 1 saturated carbocycles. The Balaban J connectivity index is 1.76. The number of rotatable bonds is 4. The SMILES string of the molecule is O=C(O)C1CC2CCCCC2N1C(=O)Cc1ccc([N+](=O)[O-])cc1. The van der Waals surface area contributed by atoms with Crippen molar-refractivity contribution < 1.29 is 19.6 Å². The maximum Gasteiger partial charge on any atom is 0.326 e. The van der Waals surface area contributed by atoms with E-state index in [1.54, 1.807) is 17.0 Å². The third-order valence-corrected chi connectivity index (χ3v) is 5.16. The fourth-order valence-electron chi connectivity index (χ4n) is 4.04. The van der Waals surface area contributed by atoms with Crippen LogP contribution in [-0.2, 0) is 16.0 Å². The number of nitrogens with zero attached hydrogens (tertiary/aromatic N) is 2. The van der Waals surface area contributed by atoms with Crippen LogP contribution in [0.15, 0.2) is 24.3 Å². The van der Waals surface area contributed by atoms with Gasteiger partial charge in [0, 0.05) is 18.2 Å². The van der Waals surface area contributed by atoms with E-state index in [0.29, 0.717) is 12.0 Å². The van der Waals surface area contributed by atoms with Crippen LogP contribution in [0.2, 0.25) is 0 Å². The third-order valence-electron chi connectivity index (χ3n) is 5.16. The van der Waals surface area contributed by atoms with E-state index >= 15 is 0 Å². The molecule has 7 nitrogen and oxygen atoms in total. The summed E-state index contributed by atoms with van der Waals surface area (Å²) in [6, 6.07) is 5.12. The number of hydrogen-bond acceptors (Lipinski definition) is 4. The van der Waals surface area contributed by atoms with Gasteiger partial charge in [-0.1, -0.05) is 25.0 Å². The Kier molecular flexibility index (Phi) is 4.51. The number of nitro benzene ring substituents is 1. The molecular formula is C17H20N2O5. The van der Waals surface area contributed by atoms with Crippen LogP contribution in [0.3, 0.4) is 0 Å². The van der Waals surface area contributed by atoms with Gasteiger partial charge >= 0.3 is 5.97 Å². The van der Waals surface area contributed by atoms with E-state index in [1.165, 1.54) is 12.1 Å². The fraction of sp³-hybridized carbons (Fsp3) is 0.529. The van der Waals surface area contributed by atoms with Crippen molar-refractivity contribution in [2.24, 2.45) is 5.92 Å². The molecule has 3 unspecified atom stereocenters. The molecule has 1 amide bonds. The molecule has 1 saturated heterocycles. The highest BCUT2D eigenvalue weighted by molar-refractivity contribution is 5.86. The van der Waals surface area contributed by atoms with E-state index in [4.69, 9.17) is 0 Å². The van der Waals surface area contributed by atoms with E-state index in [2.05, 4.69) is 0 Å². The summed E-state index contributed by atoms with van der Waals surface area (Å²) in [5, 5.41) is 20.2. The monoisotopic (exact) mass is 332 g/mol. The number of carboxylic acid groups (broad SMARTS) is 1. The largest absolute Gasteiger partial charge is 0.480 e. The topological polar surface area (TPSA) is 101 Å². The van der Waals surface area contributed by atoms with E-state index in [9.17, 15) is 24.8 Å². The molecule has 2 aliphatic rings. The first-order chi connectivity index (χ1) is 11.5. The third kappa shape index (κ3) is 3.11. The number of aliphatic carboxylic acids is 1. The zero-order valence-electron chi connectivity index (χ0n) is 13.3. The van der Waals surface area contributed by atoms with Crippen LogP contribution in [0.4, 0.5) is 5.69 Å². The molecule has 2 fully saturated rings. The minimum absolute atomic E-state index is 0.0189. The molecule has 1 N–H and O–H groups in total. The maximum absolute atomic E-state index is 12.7. The summed E-state index contributed by atoms with van der Waals surface area (Å²) in [5.74, 6) is -0.868. The summed E-state index contributed by atoms with van der Waals surface area (Å²) in [6.45, 7) is 0. The lowest BCUT2D eigenvalue weighted by Gasteiger charge is -2.33. The molecule has 1 aliphatic carbocycles. The maximum atomic E-state index is 12.7. The lowest BCUT2D eigenvalue weighted by molar-refractivity contribution is -0.384. The number of benzene rings is 1. The Bertz CT molecular complexity index is 657. The van der Waals surface area contributed by atoms with Crippen molar-refractivity contribution in [2.45, 2.75) is 50.6 Å². The Morgan fingerprint density at radius 3 is 2.50 bits per heavy atom. The standard InChI is InChI=1S/C17H20N2O5/c20-16(9-11-5-7-13(8-6-11)19(23)24)18-14-4-2-1-3-12(14)10-15(18)17(21)22/h5-8,12,14-15H,1-4,9-10H2,(H,21,22). The lowest BCUT2D eigenvalue weighted by Crippen LogP contribution is -2.46. The van der Waals surface area contributed by atoms with Crippen LogP contribution in [0.25, 0.3) is 0 Å². The summed E-state index contributed by atoms with van der Waals surface area (Å²) >= 11 is 0. The van der Waals surface area contributed by atoms with Gasteiger partial charge in [-0.25, -0.2) is 4.79 Å². The molecule has 0 spiro atoms. The highest BCUT2D eigenvalue weighted by Crippen LogP contribution is 2.40. The molecule has 3 rings (SSSR count). The van der Waals surface area contributed by atoms with Crippen molar-refractivity contribution in [2.75, 3.05) is 0 Å². The van der Waals surface area contributed by atoms with Gasteiger partial charge in [-0.3, -0.25) is 14.9 Å². The van der Waals surface area contributed by atoms with E-state index in [0.717, 1.165) is 25.7 Å². The summed E-state index contributed by atoms with van der Waals surface area (Å²) < 4.78 is 0. The van der Waals surface area contributed by atoms with Crippen molar-refractivity contribution in [3.8, 4) is 0 Å². The quantitative estimate of drug-likeness (QED) is 0.674. The molecule has 128 valence electrons. The summed E-state index contributed by atoms with van der Waals surface area (Å²) in [6.07, 6.45) is 4.57. The Hall–Kier alpha value is -2.44. The van der Waals surface area contributed by atoms with Gasteiger partial charge in [-0.2, -0.15) is 0 Å². The predicted octanol–water partition coefficient (Wildman–Crippen LogP) is 2.38. The number of carbonyl (C=O) groups is 2. The number of hydrogen-bond donors (Lipinski definition) is 1. The number of carboxylic acids is 1. The minimum atomic E-state index is -0.943. The molecular weight excluding hydrogens is 312 g/mol. The smallest absolute Gasteiger partial charge is 0.326 e. The van der Waals surface area contributed by atoms with Crippen molar-refractivity contribution >= 4 is 17.6 Å². The van der Waals surface area contributed by atoms with Crippen LogP contribution in [0, 0.1) is 16.0 Å². The van der Waals surface area contributed by atoms with Gasteiger partial charge < -0.3 is 10.0 Å². The Morgan fingerprint density at radius 2 is 1.88 bits per heavy atom. The Labute approximate surface area is 139 Å². The zero-order chi connectivity index (χ0) is 17.3. The van der Waals surface area contributed by atoms with Crippen LogP contribution in [0.5, 0.6) is 0 Å². The van der Waals surface area contributed by atoms with Gasteiger partial charge in [0.1, 0.15) is 6.04 Å². The second-order valence-electron chi connectivity index (χ2n) is 6.60. The molecule has 24 heavy (non-hydrogen) atoms. The van der Waals surface area contributed by atoms with Crippen LogP contribution >= 0.6 is 0 Å².